The van der Waals surface area contributed by atoms with Crippen LogP contribution in [0, 0.1) is 11.6 Å². The van der Waals surface area contributed by atoms with Gasteiger partial charge in [0.25, 0.3) is 5.78 Å². The molecule has 0 bridgehead atoms. The van der Waals surface area contributed by atoms with Crippen molar-refractivity contribution in [2.24, 2.45) is 0 Å². The third-order valence-electron chi connectivity index (χ3n) is 3.74. The molecular formula is C17H12F2N2O3S2. The zero-order chi connectivity index (χ0) is 18.8. The molecule has 0 unspecified atom stereocenters. The van der Waals surface area contributed by atoms with Crippen molar-refractivity contribution < 1.29 is 23.1 Å². The first-order valence-corrected chi connectivity index (χ1v) is 8.65. The van der Waals surface area contributed by atoms with Gasteiger partial charge < -0.3 is 15.4 Å². The van der Waals surface area contributed by atoms with Crippen molar-refractivity contribution in [3.05, 3.63) is 63.4 Å². The summed E-state index contributed by atoms with van der Waals surface area (Å²) in [5, 5.41) is 7.31. The second kappa shape index (κ2) is 7.30. The molecule has 0 saturated heterocycles. The number of methoxy groups -OCH3 is 1. The Morgan fingerprint density at radius 2 is 1.88 bits per heavy atom. The maximum Gasteiger partial charge on any atom is 0.379 e. The van der Waals surface area contributed by atoms with Gasteiger partial charge in [-0.1, -0.05) is 12.1 Å². The van der Waals surface area contributed by atoms with Crippen molar-refractivity contribution in [1.82, 2.24) is 10.6 Å². The Morgan fingerprint density at radius 3 is 2.46 bits per heavy atom. The number of hydrogen-bond donors (Lipinski definition) is 2. The lowest BCUT2D eigenvalue weighted by Gasteiger charge is -2.31. The Labute approximate surface area is 156 Å². The van der Waals surface area contributed by atoms with E-state index < -0.39 is 35.0 Å². The predicted molar refractivity (Wildman–Crippen MR) is 96.2 cm³/mol. The van der Waals surface area contributed by atoms with Gasteiger partial charge in [-0.05, 0) is 35.8 Å². The number of rotatable bonds is 4. The first kappa shape index (κ1) is 18.2. The monoisotopic (exact) mass is 394 g/mol. The summed E-state index contributed by atoms with van der Waals surface area (Å²) in [6.45, 7) is 0. The molecule has 1 atom stereocenters. The highest BCUT2D eigenvalue weighted by Gasteiger charge is 2.38. The molecule has 0 spiro atoms. The lowest BCUT2D eigenvalue weighted by Crippen LogP contribution is -2.46. The topological polar surface area (TPSA) is 67.4 Å². The second-order valence-electron chi connectivity index (χ2n) is 5.25. The smallest absolute Gasteiger partial charge is 0.379 e. The van der Waals surface area contributed by atoms with Gasteiger partial charge in [-0.2, -0.15) is 0 Å². The first-order valence-electron chi connectivity index (χ1n) is 7.36. The molecule has 5 nitrogen and oxygen atoms in total. The largest absolute Gasteiger partial charge is 0.463 e. The van der Waals surface area contributed by atoms with Crippen LogP contribution in [-0.2, 0) is 14.3 Å². The number of Topliss-reactive ketones (excluding diaryl/α,β-unsaturated/α-hetero) is 1. The van der Waals surface area contributed by atoms with E-state index in [0.717, 1.165) is 19.2 Å². The molecule has 3 rings (SSSR count). The molecule has 134 valence electrons. The third kappa shape index (κ3) is 3.23. The molecule has 0 amide bonds. The van der Waals surface area contributed by atoms with Gasteiger partial charge >= 0.3 is 5.97 Å². The number of thiocarbonyl (C=S) groups is 1. The molecule has 2 N–H and O–H groups in total. The minimum Gasteiger partial charge on any atom is -0.463 e. The molecule has 26 heavy (non-hydrogen) atoms. The van der Waals surface area contributed by atoms with Crippen LogP contribution in [0.4, 0.5) is 8.78 Å². The summed E-state index contributed by atoms with van der Waals surface area (Å²) in [6.07, 6.45) is 0. The molecule has 0 saturated carbocycles. The number of esters is 1. The summed E-state index contributed by atoms with van der Waals surface area (Å²) < 4.78 is 33.2. The first-order chi connectivity index (χ1) is 12.4. The maximum absolute atomic E-state index is 14.4. The van der Waals surface area contributed by atoms with Crippen LogP contribution in [0.25, 0.3) is 5.70 Å². The Bertz CT molecular complexity index is 906. The minimum absolute atomic E-state index is 0.0717. The van der Waals surface area contributed by atoms with E-state index in [4.69, 9.17) is 12.2 Å². The van der Waals surface area contributed by atoms with E-state index in [9.17, 15) is 18.4 Å². The quantitative estimate of drug-likeness (QED) is 0.472. The number of nitrogens with one attached hydrogen (secondary N) is 2. The Kier molecular flexibility index (Phi) is 5.10. The van der Waals surface area contributed by atoms with Crippen molar-refractivity contribution in [3.8, 4) is 0 Å². The van der Waals surface area contributed by atoms with Crippen molar-refractivity contribution in [1.29, 1.82) is 0 Å². The number of benzene rings is 1. The predicted octanol–water partition coefficient (Wildman–Crippen LogP) is 2.70. The van der Waals surface area contributed by atoms with E-state index >= 15 is 0 Å². The van der Waals surface area contributed by atoms with Crippen LogP contribution < -0.4 is 10.6 Å². The summed E-state index contributed by atoms with van der Waals surface area (Å²) >= 11 is 6.41. The molecule has 2 heterocycles. The van der Waals surface area contributed by atoms with Crippen LogP contribution in [0.5, 0.6) is 0 Å². The fourth-order valence-electron chi connectivity index (χ4n) is 2.63. The molecule has 0 fully saturated rings. The van der Waals surface area contributed by atoms with Gasteiger partial charge in [0.2, 0.25) is 0 Å². The average molecular weight is 394 g/mol. The van der Waals surface area contributed by atoms with E-state index in [-0.39, 0.29) is 16.4 Å². The second-order valence-corrected chi connectivity index (χ2v) is 6.61. The van der Waals surface area contributed by atoms with E-state index in [1.165, 1.54) is 17.4 Å². The van der Waals surface area contributed by atoms with Crippen LogP contribution >= 0.6 is 23.6 Å². The zero-order valence-electron chi connectivity index (χ0n) is 13.3. The standard InChI is InChI=1S/C17H12F2N2O3S2/c1-24-16(23)15(22)12-13(10-6-3-7-26-10)20-17(25)21-14(12)11-8(18)4-2-5-9(11)19/h2-7,14H,1H3,(H2,20,21,25)/t14-/m1/s1. The van der Waals surface area contributed by atoms with E-state index in [1.54, 1.807) is 17.5 Å². The number of ketones is 1. The lowest BCUT2D eigenvalue weighted by atomic mass is 9.91. The third-order valence-corrected chi connectivity index (χ3v) is 4.85. The molecule has 2 aromatic rings. The molecule has 9 heteroatoms. The molecule has 0 radical (unpaired) electrons. The Hall–Kier alpha value is -2.65. The summed E-state index contributed by atoms with van der Waals surface area (Å²) in [5.74, 6) is -3.90. The number of thiophene rings is 1. The average Bonchev–Trinajstić information content (AvgIpc) is 3.14. The molecule has 1 aromatic carbocycles. The molecular weight excluding hydrogens is 382 g/mol. The van der Waals surface area contributed by atoms with Crippen molar-refractivity contribution in [3.63, 3.8) is 0 Å². The van der Waals surface area contributed by atoms with E-state index in [2.05, 4.69) is 15.4 Å². The van der Waals surface area contributed by atoms with Crippen LogP contribution in [0.3, 0.4) is 0 Å². The number of carbonyl (C=O) groups excluding carboxylic acids is 2. The van der Waals surface area contributed by atoms with Gasteiger partial charge in [-0.15, -0.1) is 11.3 Å². The number of ether oxygens (including phenoxy) is 1. The van der Waals surface area contributed by atoms with Gasteiger partial charge in [-0.25, -0.2) is 13.6 Å². The number of halogens is 2. The van der Waals surface area contributed by atoms with Crippen LogP contribution in [0.2, 0.25) is 0 Å². The highest BCUT2D eigenvalue weighted by molar-refractivity contribution is 7.80. The normalized spacial score (nSPS) is 16.7. The van der Waals surface area contributed by atoms with Crippen LogP contribution in [0.15, 0.2) is 41.3 Å². The van der Waals surface area contributed by atoms with Gasteiger partial charge in [0.1, 0.15) is 11.6 Å². The van der Waals surface area contributed by atoms with Crippen LogP contribution in [-0.4, -0.2) is 24.0 Å². The Morgan fingerprint density at radius 1 is 1.19 bits per heavy atom. The molecule has 1 aromatic heterocycles. The van der Waals surface area contributed by atoms with Crippen molar-refractivity contribution >= 4 is 46.1 Å². The van der Waals surface area contributed by atoms with E-state index in [0.29, 0.717) is 4.88 Å². The fraction of sp³-hybridized carbons (Fsp3) is 0.118. The lowest BCUT2D eigenvalue weighted by molar-refractivity contribution is -0.150. The fourth-order valence-corrected chi connectivity index (χ4v) is 3.59. The summed E-state index contributed by atoms with van der Waals surface area (Å²) in [4.78, 5) is 25.1. The number of carbonyl (C=O) groups is 2. The van der Waals surface area contributed by atoms with Gasteiger partial charge in [0.05, 0.1) is 34.9 Å². The van der Waals surface area contributed by atoms with Crippen LogP contribution in [0.1, 0.15) is 16.5 Å². The SMILES string of the molecule is COC(=O)C(=O)C1=C(c2cccs2)NC(=S)N[C@@H]1c1c(F)cccc1F. The molecule has 1 aliphatic rings. The molecule has 0 aliphatic carbocycles. The van der Waals surface area contributed by atoms with Crippen molar-refractivity contribution in [2.45, 2.75) is 6.04 Å². The van der Waals surface area contributed by atoms with Gasteiger partial charge in [-0.3, -0.25) is 4.79 Å². The Balaban J connectivity index is 2.27. The summed E-state index contributed by atoms with van der Waals surface area (Å²) in [5.41, 5.74) is -0.360. The highest BCUT2D eigenvalue weighted by Crippen LogP contribution is 2.35. The van der Waals surface area contributed by atoms with Crippen molar-refractivity contribution in [2.75, 3.05) is 7.11 Å². The summed E-state index contributed by atoms with van der Waals surface area (Å²) in [6, 6.07) is 5.48. The van der Waals surface area contributed by atoms with E-state index in [1.807, 2.05) is 0 Å². The van der Waals surface area contributed by atoms with Gasteiger partial charge in [0, 0.05) is 0 Å². The number of hydrogen-bond acceptors (Lipinski definition) is 5. The highest BCUT2D eigenvalue weighted by atomic mass is 32.1. The summed E-state index contributed by atoms with van der Waals surface area (Å²) in [7, 11) is 1.05. The zero-order valence-corrected chi connectivity index (χ0v) is 15.0. The minimum atomic E-state index is -1.28. The maximum atomic E-state index is 14.4. The van der Waals surface area contributed by atoms with Gasteiger partial charge in [0.15, 0.2) is 5.11 Å². The molecule has 1 aliphatic heterocycles.